The monoisotopic (exact) mass is 247 g/mol. The highest BCUT2D eigenvalue weighted by atomic mass is 35.5. The molecule has 1 saturated heterocycles. The minimum atomic E-state index is -0.292. The number of halogens is 1. The lowest BCUT2D eigenvalue weighted by molar-refractivity contribution is -0.140. The van der Waals surface area contributed by atoms with Crippen LogP contribution < -0.4 is 0 Å². The SMILES string of the molecule is CCC1OCCC1C(=O)N(C)C(C)(C)CCl. The fourth-order valence-corrected chi connectivity index (χ4v) is 2.15. The maximum atomic E-state index is 12.3. The molecule has 0 aromatic carbocycles. The molecule has 1 aliphatic heterocycles. The Morgan fingerprint density at radius 1 is 1.56 bits per heavy atom. The number of hydrogen-bond acceptors (Lipinski definition) is 2. The zero-order chi connectivity index (χ0) is 12.3. The third kappa shape index (κ3) is 2.69. The van der Waals surface area contributed by atoms with E-state index in [2.05, 4.69) is 6.92 Å². The van der Waals surface area contributed by atoms with E-state index in [1.54, 1.807) is 4.90 Å². The lowest BCUT2D eigenvalue weighted by Gasteiger charge is -2.36. The molecular weight excluding hydrogens is 226 g/mol. The van der Waals surface area contributed by atoms with E-state index in [4.69, 9.17) is 16.3 Å². The summed E-state index contributed by atoms with van der Waals surface area (Å²) < 4.78 is 5.55. The van der Waals surface area contributed by atoms with E-state index in [0.717, 1.165) is 12.8 Å². The summed E-state index contributed by atoms with van der Waals surface area (Å²) in [5.74, 6) is 0.618. The van der Waals surface area contributed by atoms with Crippen LogP contribution in [-0.4, -0.2) is 42.0 Å². The van der Waals surface area contributed by atoms with Crippen LogP contribution in [0.3, 0.4) is 0 Å². The largest absolute Gasteiger partial charge is 0.377 e. The molecule has 3 nitrogen and oxygen atoms in total. The molecule has 2 unspecified atom stereocenters. The molecule has 1 amide bonds. The van der Waals surface area contributed by atoms with Crippen molar-refractivity contribution in [2.75, 3.05) is 19.5 Å². The first-order chi connectivity index (χ1) is 7.44. The average Bonchev–Trinajstić information content (AvgIpc) is 2.74. The first-order valence-electron chi connectivity index (χ1n) is 5.89. The summed E-state index contributed by atoms with van der Waals surface area (Å²) in [6.45, 7) is 6.72. The van der Waals surface area contributed by atoms with Crippen LogP contribution in [0.5, 0.6) is 0 Å². The number of amides is 1. The van der Waals surface area contributed by atoms with Crippen molar-refractivity contribution >= 4 is 17.5 Å². The zero-order valence-corrected chi connectivity index (χ0v) is 11.4. The number of ether oxygens (including phenoxy) is 1. The Hall–Kier alpha value is -0.280. The van der Waals surface area contributed by atoms with Gasteiger partial charge in [-0.2, -0.15) is 0 Å². The molecule has 4 heteroatoms. The van der Waals surface area contributed by atoms with Gasteiger partial charge in [-0.3, -0.25) is 4.79 Å². The van der Waals surface area contributed by atoms with E-state index >= 15 is 0 Å². The molecule has 1 aliphatic rings. The van der Waals surface area contributed by atoms with Gasteiger partial charge in [0.1, 0.15) is 0 Å². The van der Waals surface area contributed by atoms with Crippen molar-refractivity contribution in [2.45, 2.75) is 45.3 Å². The van der Waals surface area contributed by atoms with Crippen LogP contribution in [0.4, 0.5) is 0 Å². The van der Waals surface area contributed by atoms with E-state index in [-0.39, 0.29) is 23.5 Å². The minimum absolute atomic E-state index is 0.0116. The summed E-state index contributed by atoms with van der Waals surface area (Å²) in [6, 6.07) is 0. The summed E-state index contributed by atoms with van der Waals surface area (Å²) in [5.41, 5.74) is -0.292. The summed E-state index contributed by atoms with van der Waals surface area (Å²) in [6.07, 6.45) is 1.81. The van der Waals surface area contributed by atoms with Gasteiger partial charge in [-0.25, -0.2) is 0 Å². The number of carbonyl (C=O) groups is 1. The van der Waals surface area contributed by atoms with Gasteiger partial charge in [-0.15, -0.1) is 11.6 Å². The minimum Gasteiger partial charge on any atom is -0.377 e. The predicted molar refractivity (Wildman–Crippen MR) is 65.7 cm³/mol. The Bertz CT molecular complexity index is 251. The maximum absolute atomic E-state index is 12.3. The molecule has 0 aromatic heterocycles. The Labute approximate surface area is 103 Å². The quantitative estimate of drug-likeness (QED) is 0.714. The van der Waals surface area contributed by atoms with Crippen LogP contribution in [0.25, 0.3) is 0 Å². The second-order valence-corrected chi connectivity index (χ2v) is 5.32. The van der Waals surface area contributed by atoms with Gasteiger partial charge < -0.3 is 9.64 Å². The van der Waals surface area contributed by atoms with Crippen molar-refractivity contribution in [1.29, 1.82) is 0 Å². The van der Waals surface area contributed by atoms with Crippen molar-refractivity contribution in [2.24, 2.45) is 5.92 Å². The van der Waals surface area contributed by atoms with E-state index in [1.807, 2.05) is 20.9 Å². The molecule has 1 fully saturated rings. The van der Waals surface area contributed by atoms with Crippen LogP contribution >= 0.6 is 11.6 Å². The molecule has 1 rings (SSSR count). The van der Waals surface area contributed by atoms with Crippen molar-refractivity contribution in [3.05, 3.63) is 0 Å². The number of nitrogens with zero attached hydrogens (tertiary/aromatic N) is 1. The number of hydrogen-bond donors (Lipinski definition) is 0. The second kappa shape index (κ2) is 5.37. The van der Waals surface area contributed by atoms with Gasteiger partial charge in [-0.05, 0) is 26.7 Å². The topological polar surface area (TPSA) is 29.5 Å². The first-order valence-corrected chi connectivity index (χ1v) is 6.42. The lowest BCUT2D eigenvalue weighted by Crippen LogP contribution is -2.50. The van der Waals surface area contributed by atoms with Crippen LogP contribution in [-0.2, 0) is 9.53 Å². The molecule has 0 spiro atoms. The van der Waals surface area contributed by atoms with E-state index < -0.39 is 0 Å². The smallest absolute Gasteiger partial charge is 0.228 e. The number of rotatable bonds is 4. The molecule has 0 aliphatic carbocycles. The van der Waals surface area contributed by atoms with Gasteiger partial charge in [-0.1, -0.05) is 6.92 Å². The third-order valence-corrected chi connectivity index (χ3v) is 4.15. The standard InChI is InChI=1S/C12H22ClNO2/c1-5-10-9(6-7-16-10)11(15)14(4)12(2,3)8-13/h9-10H,5-8H2,1-4H3. The number of alkyl halides is 1. The highest BCUT2D eigenvalue weighted by Gasteiger charge is 2.38. The Balaban J connectivity index is 2.70. The van der Waals surface area contributed by atoms with Gasteiger partial charge in [0.2, 0.25) is 5.91 Å². The molecule has 1 heterocycles. The molecule has 0 radical (unpaired) electrons. The normalized spacial score (nSPS) is 25.8. The van der Waals surface area contributed by atoms with Gasteiger partial charge in [0.25, 0.3) is 0 Å². The second-order valence-electron chi connectivity index (χ2n) is 5.06. The summed E-state index contributed by atoms with van der Waals surface area (Å²) in [4.78, 5) is 14.1. The molecule has 16 heavy (non-hydrogen) atoms. The molecule has 0 aromatic rings. The van der Waals surface area contributed by atoms with Crippen molar-refractivity contribution in [3.63, 3.8) is 0 Å². The van der Waals surface area contributed by atoms with Crippen LogP contribution in [0.1, 0.15) is 33.6 Å². The maximum Gasteiger partial charge on any atom is 0.228 e. The van der Waals surface area contributed by atoms with E-state index in [0.29, 0.717) is 12.5 Å². The molecule has 0 saturated carbocycles. The van der Waals surface area contributed by atoms with Gasteiger partial charge >= 0.3 is 0 Å². The highest BCUT2D eigenvalue weighted by Crippen LogP contribution is 2.27. The average molecular weight is 248 g/mol. The summed E-state index contributed by atoms with van der Waals surface area (Å²) in [7, 11) is 1.83. The summed E-state index contributed by atoms with van der Waals surface area (Å²) >= 11 is 5.88. The Morgan fingerprint density at radius 3 is 2.69 bits per heavy atom. The van der Waals surface area contributed by atoms with Crippen molar-refractivity contribution in [1.82, 2.24) is 4.90 Å². The molecule has 94 valence electrons. The van der Waals surface area contributed by atoms with Crippen LogP contribution in [0.15, 0.2) is 0 Å². The molecule has 0 bridgehead atoms. The molecule has 2 atom stereocenters. The van der Waals surface area contributed by atoms with E-state index in [9.17, 15) is 4.79 Å². The fourth-order valence-electron chi connectivity index (χ4n) is 1.97. The fraction of sp³-hybridized carbons (Fsp3) is 0.917. The van der Waals surface area contributed by atoms with Gasteiger partial charge in [0.05, 0.1) is 17.6 Å². The molecular formula is C12H22ClNO2. The highest BCUT2D eigenvalue weighted by molar-refractivity contribution is 6.18. The third-order valence-electron chi connectivity index (χ3n) is 3.49. The van der Waals surface area contributed by atoms with Crippen molar-refractivity contribution in [3.8, 4) is 0 Å². The van der Waals surface area contributed by atoms with E-state index in [1.165, 1.54) is 0 Å². The first kappa shape index (κ1) is 13.8. The lowest BCUT2D eigenvalue weighted by atomic mass is 9.95. The van der Waals surface area contributed by atoms with Crippen LogP contribution in [0, 0.1) is 5.92 Å². The Morgan fingerprint density at radius 2 is 2.19 bits per heavy atom. The van der Waals surface area contributed by atoms with Crippen molar-refractivity contribution < 1.29 is 9.53 Å². The van der Waals surface area contributed by atoms with Crippen LogP contribution in [0.2, 0.25) is 0 Å². The van der Waals surface area contributed by atoms with Gasteiger partial charge in [0.15, 0.2) is 0 Å². The molecule has 0 N–H and O–H groups in total. The summed E-state index contributed by atoms with van der Waals surface area (Å²) in [5, 5.41) is 0. The number of carbonyl (C=O) groups excluding carboxylic acids is 1. The zero-order valence-electron chi connectivity index (χ0n) is 10.6. The Kier molecular flexibility index (Phi) is 4.62. The van der Waals surface area contributed by atoms with Gasteiger partial charge in [0, 0.05) is 19.5 Å². The predicted octanol–water partition coefficient (Wildman–Crippen LogP) is 2.28.